The molecule has 138 valence electrons. The number of carbonyl (C=O) groups excluding carboxylic acids is 2. The lowest BCUT2D eigenvalue weighted by Gasteiger charge is -2.19. The molecule has 25 heavy (non-hydrogen) atoms. The maximum atomic E-state index is 13.1. The number of amides is 2. The molecule has 0 radical (unpaired) electrons. The second kappa shape index (κ2) is 8.33. The minimum Gasteiger partial charge on any atom is -0.351 e. The Morgan fingerprint density at radius 2 is 1.96 bits per heavy atom. The van der Waals surface area contributed by atoms with Crippen LogP contribution in [0.4, 0.5) is 18.9 Å². The number of hydrogen-bond donors (Lipinski definition) is 2. The van der Waals surface area contributed by atoms with Gasteiger partial charge < -0.3 is 15.5 Å². The van der Waals surface area contributed by atoms with Gasteiger partial charge in [-0.1, -0.05) is 6.92 Å². The van der Waals surface area contributed by atoms with Gasteiger partial charge in [0.25, 0.3) is 5.91 Å². The first-order valence-corrected chi connectivity index (χ1v) is 8.34. The Bertz CT molecular complexity index is 632. The summed E-state index contributed by atoms with van der Waals surface area (Å²) in [5.74, 6) is -0.813. The van der Waals surface area contributed by atoms with Crippen molar-refractivity contribution in [3.05, 3.63) is 29.3 Å². The fraction of sp³-hybridized carbons (Fsp3) is 0.529. The Morgan fingerprint density at radius 1 is 1.20 bits per heavy atom. The van der Waals surface area contributed by atoms with E-state index in [0.29, 0.717) is 32.5 Å². The van der Waals surface area contributed by atoms with E-state index in [9.17, 15) is 22.8 Å². The summed E-state index contributed by atoms with van der Waals surface area (Å²) in [6.07, 6.45) is -2.73. The number of nitrogens with one attached hydrogen (secondary N) is 2. The molecular formula is C17H22F3N3O2. The SMILES string of the molecule is CCCNCCNC(=O)c1cc(N2CCCC2=O)cc(C(F)(F)F)c1. The van der Waals surface area contributed by atoms with E-state index < -0.39 is 17.6 Å². The second-order valence-corrected chi connectivity index (χ2v) is 5.92. The van der Waals surface area contributed by atoms with Crippen LogP contribution in [-0.2, 0) is 11.0 Å². The number of alkyl halides is 3. The largest absolute Gasteiger partial charge is 0.416 e. The summed E-state index contributed by atoms with van der Waals surface area (Å²) < 4.78 is 39.4. The Morgan fingerprint density at radius 3 is 2.56 bits per heavy atom. The predicted molar refractivity (Wildman–Crippen MR) is 88.5 cm³/mol. The number of nitrogens with zero attached hydrogens (tertiary/aromatic N) is 1. The van der Waals surface area contributed by atoms with Crippen LogP contribution in [0.25, 0.3) is 0 Å². The van der Waals surface area contributed by atoms with Crippen LogP contribution < -0.4 is 15.5 Å². The molecule has 0 aromatic heterocycles. The zero-order chi connectivity index (χ0) is 18.4. The Kier molecular flexibility index (Phi) is 6.41. The molecule has 5 nitrogen and oxygen atoms in total. The monoisotopic (exact) mass is 357 g/mol. The Labute approximate surface area is 144 Å². The van der Waals surface area contributed by atoms with Gasteiger partial charge in [-0.3, -0.25) is 9.59 Å². The molecule has 0 atom stereocenters. The van der Waals surface area contributed by atoms with Gasteiger partial charge >= 0.3 is 6.18 Å². The quantitative estimate of drug-likeness (QED) is 0.738. The lowest BCUT2D eigenvalue weighted by atomic mass is 10.1. The van der Waals surface area contributed by atoms with E-state index in [1.807, 2.05) is 6.92 Å². The van der Waals surface area contributed by atoms with Crippen LogP contribution in [0.3, 0.4) is 0 Å². The minimum absolute atomic E-state index is 0.0972. The van der Waals surface area contributed by atoms with E-state index in [1.54, 1.807) is 0 Å². The summed E-state index contributed by atoms with van der Waals surface area (Å²) in [5.41, 5.74) is -0.912. The van der Waals surface area contributed by atoms with Crippen LogP contribution >= 0.6 is 0 Å². The number of hydrogen-bond acceptors (Lipinski definition) is 3. The fourth-order valence-electron chi connectivity index (χ4n) is 2.65. The summed E-state index contributed by atoms with van der Waals surface area (Å²) in [6.45, 7) is 4.03. The van der Waals surface area contributed by atoms with Gasteiger partial charge in [-0.05, 0) is 37.6 Å². The van der Waals surface area contributed by atoms with Crippen LogP contribution in [0.2, 0.25) is 0 Å². The average molecular weight is 357 g/mol. The molecule has 1 fully saturated rings. The van der Waals surface area contributed by atoms with Crippen LogP contribution in [-0.4, -0.2) is 38.0 Å². The number of benzene rings is 1. The standard InChI is InChI=1S/C17H22F3N3O2/c1-2-5-21-6-7-22-16(25)12-9-13(17(18,19)20)11-14(10-12)23-8-3-4-15(23)24/h9-11,21H,2-8H2,1H3,(H,22,25). The molecule has 1 aromatic rings. The van der Waals surface area contributed by atoms with Gasteiger partial charge in [0.15, 0.2) is 0 Å². The number of halogens is 3. The fourth-order valence-corrected chi connectivity index (χ4v) is 2.65. The third-order valence-electron chi connectivity index (χ3n) is 3.91. The van der Waals surface area contributed by atoms with E-state index in [0.717, 1.165) is 25.1 Å². The van der Waals surface area contributed by atoms with Crippen molar-refractivity contribution in [1.29, 1.82) is 0 Å². The van der Waals surface area contributed by atoms with Gasteiger partial charge in [0.1, 0.15) is 0 Å². The minimum atomic E-state index is -4.59. The van der Waals surface area contributed by atoms with E-state index in [4.69, 9.17) is 0 Å². The van der Waals surface area contributed by atoms with Crippen LogP contribution in [0.5, 0.6) is 0 Å². The van der Waals surface area contributed by atoms with Crippen LogP contribution in [0, 0.1) is 0 Å². The van der Waals surface area contributed by atoms with Gasteiger partial charge in [-0.25, -0.2) is 0 Å². The first-order valence-electron chi connectivity index (χ1n) is 8.34. The van der Waals surface area contributed by atoms with Crippen LogP contribution in [0.1, 0.15) is 42.1 Å². The zero-order valence-corrected chi connectivity index (χ0v) is 14.1. The average Bonchev–Trinajstić information content (AvgIpc) is 2.99. The summed E-state index contributed by atoms with van der Waals surface area (Å²) >= 11 is 0. The molecule has 8 heteroatoms. The highest BCUT2D eigenvalue weighted by Crippen LogP contribution is 2.34. The topological polar surface area (TPSA) is 61.4 Å². The van der Waals surface area contributed by atoms with Crippen molar-refractivity contribution in [2.24, 2.45) is 0 Å². The molecule has 2 rings (SSSR count). The summed E-state index contributed by atoms with van der Waals surface area (Å²) in [4.78, 5) is 25.3. The Balaban J connectivity index is 2.18. The van der Waals surface area contributed by atoms with Crippen molar-refractivity contribution < 1.29 is 22.8 Å². The summed E-state index contributed by atoms with van der Waals surface area (Å²) in [6, 6.07) is 3.08. The highest BCUT2D eigenvalue weighted by atomic mass is 19.4. The highest BCUT2D eigenvalue weighted by molar-refractivity contribution is 5.99. The molecule has 1 saturated heterocycles. The molecule has 0 aliphatic carbocycles. The maximum Gasteiger partial charge on any atom is 0.416 e. The van der Waals surface area contributed by atoms with Crippen molar-refractivity contribution in [3.8, 4) is 0 Å². The van der Waals surface area contributed by atoms with Gasteiger partial charge in [0.2, 0.25) is 5.91 Å². The lowest BCUT2D eigenvalue weighted by Crippen LogP contribution is -2.32. The van der Waals surface area contributed by atoms with Crippen molar-refractivity contribution >= 4 is 17.5 Å². The molecule has 0 saturated carbocycles. The maximum absolute atomic E-state index is 13.1. The second-order valence-electron chi connectivity index (χ2n) is 5.92. The molecule has 1 aliphatic rings. The van der Waals surface area contributed by atoms with E-state index in [1.165, 1.54) is 11.0 Å². The first-order chi connectivity index (χ1) is 11.8. The molecular weight excluding hydrogens is 335 g/mol. The van der Waals surface area contributed by atoms with Crippen molar-refractivity contribution in [2.45, 2.75) is 32.4 Å². The van der Waals surface area contributed by atoms with E-state index in [2.05, 4.69) is 10.6 Å². The molecule has 0 unspecified atom stereocenters. The first kappa shape index (κ1) is 19.2. The lowest BCUT2D eigenvalue weighted by molar-refractivity contribution is -0.137. The van der Waals surface area contributed by atoms with Gasteiger partial charge in [-0.15, -0.1) is 0 Å². The third-order valence-corrected chi connectivity index (χ3v) is 3.91. The van der Waals surface area contributed by atoms with Crippen LogP contribution in [0.15, 0.2) is 18.2 Å². The molecule has 0 spiro atoms. The Hall–Kier alpha value is -2.09. The van der Waals surface area contributed by atoms with Gasteiger partial charge in [0.05, 0.1) is 5.56 Å². The summed E-state index contributed by atoms with van der Waals surface area (Å²) in [7, 11) is 0. The number of anilines is 1. The van der Waals surface area contributed by atoms with Gasteiger partial charge in [0, 0.05) is 37.3 Å². The third kappa shape index (κ3) is 5.19. The van der Waals surface area contributed by atoms with Crippen molar-refractivity contribution in [3.63, 3.8) is 0 Å². The summed E-state index contributed by atoms with van der Waals surface area (Å²) in [5, 5.41) is 5.69. The number of rotatable bonds is 7. The molecule has 1 aromatic carbocycles. The molecule has 1 aliphatic heterocycles. The van der Waals surface area contributed by atoms with E-state index >= 15 is 0 Å². The normalized spacial score (nSPS) is 14.9. The molecule has 1 heterocycles. The van der Waals surface area contributed by atoms with Crippen molar-refractivity contribution in [2.75, 3.05) is 31.1 Å². The zero-order valence-electron chi connectivity index (χ0n) is 14.1. The number of carbonyl (C=O) groups is 2. The smallest absolute Gasteiger partial charge is 0.351 e. The van der Waals surface area contributed by atoms with Gasteiger partial charge in [-0.2, -0.15) is 13.2 Å². The predicted octanol–water partition coefficient (Wildman–Crippen LogP) is 2.56. The molecule has 0 bridgehead atoms. The molecule has 2 amide bonds. The molecule has 2 N–H and O–H groups in total. The van der Waals surface area contributed by atoms with E-state index in [-0.39, 0.29) is 17.2 Å². The van der Waals surface area contributed by atoms with Crippen molar-refractivity contribution in [1.82, 2.24) is 10.6 Å². The highest BCUT2D eigenvalue weighted by Gasteiger charge is 2.33.